The van der Waals surface area contributed by atoms with Gasteiger partial charge in [0.05, 0.1) is 11.0 Å². The lowest BCUT2D eigenvalue weighted by atomic mass is 9.97. The molecule has 0 aliphatic rings. The molecule has 0 aliphatic heterocycles. The van der Waals surface area contributed by atoms with Gasteiger partial charge in [-0.2, -0.15) is 0 Å². The quantitative estimate of drug-likeness (QED) is 0.182. The minimum atomic E-state index is 0.604. The molecule has 3 aromatic heterocycles. The Balaban J connectivity index is 1.16. The van der Waals surface area contributed by atoms with E-state index < -0.39 is 0 Å². The van der Waals surface area contributed by atoms with Crippen molar-refractivity contribution in [3.8, 4) is 39.9 Å². The second-order valence-electron chi connectivity index (χ2n) is 14.4. The zero-order chi connectivity index (χ0) is 36.7. The van der Waals surface area contributed by atoms with E-state index in [2.05, 4.69) is 126 Å². The number of rotatable bonds is 4. The lowest BCUT2D eigenvalue weighted by Gasteiger charge is -2.12. The van der Waals surface area contributed by atoms with Crippen molar-refractivity contribution < 1.29 is 4.42 Å². The molecule has 3 heterocycles. The van der Waals surface area contributed by atoms with E-state index in [4.69, 9.17) is 19.4 Å². The molecule has 5 heteroatoms. The average Bonchev–Trinajstić information content (AvgIpc) is 3.79. The predicted molar refractivity (Wildman–Crippen MR) is 230 cm³/mol. The monoisotopic (exact) mass is 714 g/mol. The summed E-state index contributed by atoms with van der Waals surface area (Å²) in [6, 6.07) is 63.8. The van der Waals surface area contributed by atoms with Gasteiger partial charge in [0.1, 0.15) is 11.2 Å². The molecule has 0 amide bonds. The Hall–Kier alpha value is -7.63. The van der Waals surface area contributed by atoms with E-state index >= 15 is 0 Å². The zero-order valence-corrected chi connectivity index (χ0v) is 30.0. The number of hydrogen-bond donors (Lipinski definition) is 0. The summed E-state index contributed by atoms with van der Waals surface area (Å²) in [4.78, 5) is 15.4. The van der Waals surface area contributed by atoms with Gasteiger partial charge in [0.2, 0.25) is 0 Å². The van der Waals surface area contributed by atoms with Crippen LogP contribution in [0.4, 0.5) is 0 Å². The first-order chi connectivity index (χ1) is 27.7. The van der Waals surface area contributed by atoms with Gasteiger partial charge in [0.15, 0.2) is 17.5 Å². The predicted octanol–water partition coefficient (Wildman–Crippen LogP) is 13.3. The van der Waals surface area contributed by atoms with E-state index in [1.807, 2.05) is 60.7 Å². The lowest BCUT2D eigenvalue weighted by molar-refractivity contribution is 0.669. The van der Waals surface area contributed by atoms with Crippen molar-refractivity contribution in [2.75, 3.05) is 0 Å². The van der Waals surface area contributed by atoms with Crippen LogP contribution < -0.4 is 0 Å². The minimum absolute atomic E-state index is 0.604. The molecule has 9 aromatic carbocycles. The normalized spacial score (nSPS) is 11.9. The summed E-state index contributed by atoms with van der Waals surface area (Å²) in [5.41, 5.74) is 7.74. The molecule has 5 nitrogen and oxygen atoms in total. The molecule has 0 saturated carbocycles. The van der Waals surface area contributed by atoms with Gasteiger partial charge < -0.3 is 8.98 Å². The lowest BCUT2D eigenvalue weighted by Crippen LogP contribution is -2.01. The number of nitrogens with zero attached hydrogens (tertiary/aromatic N) is 4. The van der Waals surface area contributed by atoms with Crippen molar-refractivity contribution in [3.05, 3.63) is 182 Å². The molecule has 0 spiro atoms. The molecule has 260 valence electrons. The molecule has 12 aromatic rings. The number of furan rings is 1. The molecule has 0 saturated heterocycles. The Morgan fingerprint density at radius 3 is 1.70 bits per heavy atom. The standard InChI is InChI=1S/C51H30N4O/c1-3-14-32(15-4-1)49-52-50(33-16-5-2-6-17-33)54-51(53-49)47-38-21-11-10-20-36(38)29-45-46(47)41-26-24-37(30-44(41)56-45)55-43-28-35-19-8-7-18-34(35)27-42(43)40-25-23-31-13-9-12-22-39(31)48(40)55/h1-30H. The highest BCUT2D eigenvalue weighted by Crippen LogP contribution is 2.44. The fourth-order valence-corrected chi connectivity index (χ4v) is 8.61. The van der Waals surface area contributed by atoms with Crippen LogP contribution >= 0.6 is 0 Å². The third-order valence-electron chi connectivity index (χ3n) is 11.2. The molecular weight excluding hydrogens is 685 g/mol. The molecule has 0 fully saturated rings. The molecule has 0 aliphatic carbocycles. The minimum Gasteiger partial charge on any atom is -0.456 e. The highest BCUT2D eigenvalue weighted by atomic mass is 16.3. The smallest absolute Gasteiger partial charge is 0.165 e. The third-order valence-corrected chi connectivity index (χ3v) is 11.2. The maximum atomic E-state index is 6.89. The van der Waals surface area contributed by atoms with Crippen LogP contribution in [0.3, 0.4) is 0 Å². The van der Waals surface area contributed by atoms with Gasteiger partial charge in [-0.25, -0.2) is 15.0 Å². The number of aromatic nitrogens is 4. The molecule has 0 bridgehead atoms. The first-order valence-corrected chi connectivity index (χ1v) is 18.9. The summed E-state index contributed by atoms with van der Waals surface area (Å²) >= 11 is 0. The highest BCUT2D eigenvalue weighted by molar-refractivity contribution is 6.22. The topological polar surface area (TPSA) is 56.7 Å². The van der Waals surface area contributed by atoms with Crippen LogP contribution in [0.2, 0.25) is 0 Å². The summed E-state index contributed by atoms with van der Waals surface area (Å²) in [6.45, 7) is 0. The number of benzene rings is 9. The third kappa shape index (κ3) is 4.64. The molecule has 0 unspecified atom stereocenters. The van der Waals surface area contributed by atoms with Crippen LogP contribution in [0.5, 0.6) is 0 Å². The number of hydrogen-bond acceptors (Lipinski definition) is 4. The van der Waals surface area contributed by atoms with Crippen molar-refractivity contribution in [1.82, 2.24) is 19.5 Å². The van der Waals surface area contributed by atoms with Gasteiger partial charge in [-0.15, -0.1) is 0 Å². The molecule has 56 heavy (non-hydrogen) atoms. The van der Waals surface area contributed by atoms with Crippen LogP contribution in [0.1, 0.15) is 0 Å². The number of fused-ring (bicyclic) bond motifs is 10. The second-order valence-corrected chi connectivity index (χ2v) is 14.4. The fourth-order valence-electron chi connectivity index (χ4n) is 8.61. The van der Waals surface area contributed by atoms with Crippen molar-refractivity contribution in [1.29, 1.82) is 0 Å². The van der Waals surface area contributed by atoms with Gasteiger partial charge in [0, 0.05) is 55.4 Å². The zero-order valence-electron chi connectivity index (χ0n) is 30.0. The molecular formula is C51H30N4O. The molecule has 0 N–H and O–H groups in total. The Kier molecular flexibility index (Phi) is 6.56. The molecule has 0 atom stereocenters. The maximum Gasteiger partial charge on any atom is 0.165 e. The largest absolute Gasteiger partial charge is 0.456 e. The average molecular weight is 715 g/mol. The SMILES string of the molecule is c1ccc(-c2nc(-c3ccccc3)nc(-c3c4ccccc4cc4oc5cc(-n6c7cc8ccccc8cc7c7ccc8ccccc8c76)ccc5c34)n2)cc1. The summed E-state index contributed by atoms with van der Waals surface area (Å²) < 4.78 is 9.30. The Morgan fingerprint density at radius 1 is 0.375 bits per heavy atom. The van der Waals surface area contributed by atoms with E-state index in [-0.39, 0.29) is 0 Å². The van der Waals surface area contributed by atoms with Crippen molar-refractivity contribution in [2.45, 2.75) is 0 Å². The summed E-state index contributed by atoms with van der Waals surface area (Å²) in [5, 5.41) is 11.4. The van der Waals surface area contributed by atoms with Crippen LogP contribution in [0, 0.1) is 0 Å². The van der Waals surface area contributed by atoms with Crippen LogP contribution in [0.25, 0.3) is 116 Å². The van der Waals surface area contributed by atoms with E-state index in [0.717, 1.165) is 60.6 Å². The Morgan fingerprint density at radius 2 is 0.964 bits per heavy atom. The van der Waals surface area contributed by atoms with E-state index in [9.17, 15) is 0 Å². The summed E-state index contributed by atoms with van der Waals surface area (Å²) in [5.74, 6) is 1.85. The maximum absolute atomic E-state index is 6.89. The highest BCUT2D eigenvalue weighted by Gasteiger charge is 2.22. The fraction of sp³-hybridized carbons (Fsp3) is 0. The molecule has 12 rings (SSSR count). The summed E-state index contributed by atoms with van der Waals surface area (Å²) in [6.07, 6.45) is 0. The van der Waals surface area contributed by atoms with Crippen LogP contribution in [0.15, 0.2) is 186 Å². The Labute approximate surface area is 320 Å². The first kappa shape index (κ1) is 30.8. The van der Waals surface area contributed by atoms with E-state index in [0.29, 0.717) is 17.5 Å². The van der Waals surface area contributed by atoms with Crippen molar-refractivity contribution in [3.63, 3.8) is 0 Å². The van der Waals surface area contributed by atoms with Crippen LogP contribution in [-0.2, 0) is 0 Å². The van der Waals surface area contributed by atoms with Gasteiger partial charge in [-0.3, -0.25) is 0 Å². The van der Waals surface area contributed by atoms with Gasteiger partial charge >= 0.3 is 0 Å². The first-order valence-electron chi connectivity index (χ1n) is 18.9. The van der Waals surface area contributed by atoms with Gasteiger partial charge in [-0.1, -0.05) is 146 Å². The summed E-state index contributed by atoms with van der Waals surface area (Å²) in [7, 11) is 0. The van der Waals surface area contributed by atoms with Crippen LogP contribution in [-0.4, -0.2) is 19.5 Å². The van der Waals surface area contributed by atoms with Gasteiger partial charge in [-0.05, 0) is 57.3 Å². The second kappa shape index (κ2) is 11.9. The van der Waals surface area contributed by atoms with E-state index in [1.165, 1.54) is 37.8 Å². The van der Waals surface area contributed by atoms with Crippen molar-refractivity contribution >= 4 is 76.1 Å². The molecule has 0 radical (unpaired) electrons. The van der Waals surface area contributed by atoms with E-state index in [1.54, 1.807) is 0 Å². The Bertz CT molecular complexity index is 3470. The van der Waals surface area contributed by atoms with Crippen molar-refractivity contribution in [2.24, 2.45) is 0 Å². The van der Waals surface area contributed by atoms with Gasteiger partial charge in [0.25, 0.3) is 0 Å².